The van der Waals surface area contributed by atoms with Crippen LogP contribution < -0.4 is 4.74 Å². The topological polar surface area (TPSA) is 42.4 Å². The van der Waals surface area contributed by atoms with Crippen LogP contribution in [0.1, 0.15) is 34.5 Å². The highest BCUT2D eigenvalue weighted by atomic mass is 32.1. The van der Waals surface area contributed by atoms with Crippen molar-refractivity contribution in [1.29, 1.82) is 0 Å². The summed E-state index contributed by atoms with van der Waals surface area (Å²) in [4.78, 5) is 18.7. The predicted octanol–water partition coefficient (Wildman–Crippen LogP) is 5.64. The maximum Gasteiger partial charge on any atom is 0.416 e. The average Bonchev–Trinajstić information content (AvgIpc) is 3.44. The smallest absolute Gasteiger partial charge is 0.416 e. The molecule has 1 fully saturated rings. The third kappa shape index (κ3) is 4.64. The van der Waals surface area contributed by atoms with Gasteiger partial charge >= 0.3 is 6.18 Å². The van der Waals surface area contributed by atoms with E-state index in [1.165, 1.54) is 23.5 Å². The third-order valence-electron chi connectivity index (χ3n) is 4.90. The molecule has 0 atom stereocenters. The molecule has 0 N–H and O–H groups in total. The van der Waals surface area contributed by atoms with E-state index in [2.05, 4.69) is 4.98 Å². The van der Waals surface area contributed by atoms with Crippen LogP contribution >= 0.6 is 11.3 Å². The molecule has 1 aliphatic heterocycles. The minimum atomic E-state index is -4.34. The van der Waals surface area contributed by atoms with Crippen molar-refractivity contribution in [2.45, 2.75) is 25.6 Å². The Labute approximate surface area is 175 Å². The standard InChI is InChI=1S/C22H19F3N2O2S/c23-22(24,25)17-7-3-15(4-8-17)13-29-18-9-5-16(6-10-18)20-26-19(14-30-20)21(28)27-11-1-2-12-27/h3-10,14H,1-2,11-13H2. The van der Waals surface area contributed by atoms with E-state index in [4.69, 9.17) is 4.74 Å². The Morgan fingerprint density at radius 3 is 2.33 bits per heavy atom. The number of amides is 1. The van der Waals surface area contributed by atoms with Crippen LogP contribution in [0.4, 0.5) is 13.2 Å². The van der Waals surface area contributed by atoms with Crippen molar-refractivity contribution in [3.8, 4) is 16.3 Å². The molecule has 1 saturated heterocycles. The van der Waals surface area contributed by atoms with Crippen LogP contribution in [0.25, 0.3) is 10.6 Å². The van der Waals surface area contributed by atoms with Crippen LogP contribution in [0.15, 0.2) is 53.9 Å². The van der Waals surface area contributed by atoms with E-state index in [1.54, 1.807) is 17.5 Å². The van der Waals surface area contributed by atoms with Gasteiger partial charge < -0.3 is 9.64 Å². The van der Waals surface area contributed by atoms with Crippen LogP contribution in [0.3, 0.4) is 0 Å². The van der Waals surface area contributed by atoms with E-state index in [1.807, 2.05) is 17.0 Å². The fourth-order valence-corrected chi connectivity index (χ4v) is 4.04. The van der Waals surface area contributed by atoms with Crippen molar-refractivity contribution in [1.82, 2.24) is 9.88 Å². The Bertz CT molecular complexity index is 1010. The first-order chi connectivity index (χ1) is 14.4. The fourth-order valence-electron chi connectivity index (χ4n) is 3.24. The van der Waals surface area contributed by atoms with Crippen molar-refractivity contribution < 1.29 is 22.7 Å². The Morgan fingerprint density at radius 2 is 1.70 bits per heavy atom. The molecule has 1 aromatic heterocycles. The largest absolute Gasteiger partial charge is 0.489 e. The number of hydrogen-bond donors (Lipinski definition) is 0. The van der Waals surface area contributed by atoms with Crippen molar-refractivity contribution in [3.63, 3.8) is 0 Å². The number of ether oxygens (including phenoxy) is 1. The van der Waals surface area contributed by atoms with Crippen molar-refractivity contribution in [2.24, 2.45) is 0 Å². The summed E-state index contributed by atoms with van der Waals surface area (Å²) in [5, 5.41) is 2.54. The number of rotatable bonds is 5. The van der Waals surface area contributed by atoms with Crippen molar-refractivity contribution in [2.75, 3.05) is 13.1 Å². The maximum atomic E-state index is 12.6. The summed E-state index contributed by atoms with van der Waals surface area (Å²) in [5.41, 5.74) is 1.32. The average molecular weight is 432 g/mol. The Kier molecular flexibility index (Phi) is 5.76. The summed E-state index contributed by atoms with van der Waals surface area (Å²) in [7, 11) is 0. The lowest BCUT2D eigenvalue weighted by molar-refractivity contribution is -0.137. The van der Waals surface area contributed by atoms with Crippen LogP contribution in [-0.4, -0.2) is 28.9 Å². The first kappa shape index (κ1) is 20.4. The van der Waals surface area contributed by atoms with Gasteiger partial charge in [0.1, 0.15) is 23.1 Å². The van der Waals surface area contributed by atoms with E-state index in [0.717, 1.165) is 48.6 Å². The molecule has 4 rings (SSSR count). The molecule has 0 radical (unpaired) electrons. The lowest BCUT2D eigenvalue weighted by Crippen LogP contribution is -2.27. The van der Waals surface area contributed by atoms with Gasteiger partial charge in [0.25, 0.3) is 5.91 Å². The van der Waals surface area contributed by atoms with Gasteiger partial charge in [-0.15, -0.1) is 11.3 Å². The lowest BCUT2D eigenvalue weighted by atomic mass is 10.1. The monoisotopic (exact) mass is 432 g/mol. The number of carbonyl (C=O) groups excluding carboxylic acids is 1. The van der Waals surface area contributed by atoms with E-state index in [-0.39, 0.29) is 12.5 Å². The number of benzene rings is 2. The Morgan fingerprint density at radius 1 is 1.03 bits per heavy atom. The van der Waals surface area contributed by atoms with E-state index in [9.17, 15) is 18.0 Å². The molecule has 2 heterocycles. The summed E-state index contributed by atoms with van der Waals surface area (Å²) >= 11 is 1.42. The number of alkyl halides is 3. The molecule has 0 unspecified atom stereocenters. The summed E-state index contributed by atoms with van der Waals surface area (Å²) in [5.74, 6) is 0.579. The van der Waals surface area contributed by atoms with Crippen molar-refractivity contribution >= 4 is 17.2 Å². The third-order valence-corrected chi connectivity index (χ3v) is 5.80. The molecule has 1 amide bonds. The second kappa shape index (κ2) is 8.47. The number of likely N-dealkylation sites (tertiary alicyclic amines) is 1. The number of carbonyl (C=O) groups is 1. The maximum absolute atomic E-state index is 12.6. The van der Waals surface area contributed by atoms with Crippen LogP contribution in [-0.2, 0) is 12.8 Å². The number of nitrogens with zero attached hydrogens (tertiary/aromatic N) is 2. The van der Waals surface area contributed by atoms with Gasteiger partial charge in [0, 0.05) is 24.0 Å². The van der Waals surface area contributed by atoms with E-state index >= 15 is 0 Å². The highest BCUT2D eigenvalue weighted by molar-refractivity contribution is 7.13. The summed E-state index contributed by atoms with van der Waals surface area (Å²) < 4.78 is 43.5. The number of hydrogen-bond acceptors (Lipinski definition) is 4. The quantitative estimate of drug-likeness (QED) is 0.524. The fraction of sp³-hybridized carbons (Fsp3) is 0.273. The summed E-state index contributed by atoms with van der Waals surface area (Å²) in [6.07, 6.45) is -2.27. The second-order valence-electron chi connectivity index (χ2n) is 7.04. The molecule has 0 aliphatic carbocycles. The zero-order valence-electron chi connectivity index (χ0n) is 16.0. The van der Waals surface area contributed by atoms with E-state index in [0.29, 0.717) is 17.0 Å². The summed E-state index contributed by atoms with van der Waals surface area (Å²) in [6, 6.07) is 12.2. The van der Waals surface area contributed by atoms with Gasteiger partial charge in [-0.1, -0.05) is 12.1 Å². The zero-order valence-corrected chi connectivity index (χ0v) is 16.8. The molecule has 0 spiro atoms. The lowest BCUT2D eigenvalue weighted by Gasteiger charge is -2.12. The minimum absolute atomic E-state index is 0.0218. The normalized spacial score (nSPS) is 14.2. The molecule has 30 heavy (non-hydrogen) atoms. The zero-order chi connectivity index (χ0) is 21.1. The first-order valence-electron chi connectivity index (χ1n) is 9.54. The van der Waals surface area contributed by atoms with Gasteiger partial charge in [0.05, 0.1) is 5.56 Å². The van der Waals surface area contributed by atoms with Crippen LogP contribution in [0.2, 0.25) is 0 Å². The highest BCUT2D eigenvalue weighted by Crippen LogP contribution is 2.30. The van der Waals surface area contributed by atoms with Crippen molar-refractivity contribution in [3.05, 3.63) is 70.7 Å². The second-order valence-corrected chi connectivity index (χ2v) is 7.90. The van der Waals surface area contributed by atoms with Gasteiger partial charge in [0.2, 0.25) is 0 Å². The Balaban J connectivity index is 1.37. The molecular weight excluding hydrogens is 413 g/mol. The minimum Gasteiger partial charge on any atom is -0.489 e. The first-order valence-corrected chi connectivity index (χ1v) is 10.4. The summed E-state index contributed by atoms with van der Waals surface area (Å²) in [6.45, 7) is 1.75. The molecular formula is C22H19F3N2O2S. The molecule has 3 aromatic rings. The van der Waals surface area contributed by atoms with Crippen LogP contribution in [0.5, 0.6) is 5.75 Å². The molecule has 8 heteroatoms. The molecule has 4 nitrogen and oxygen atoms in total. The SMILES string of the molecule is O=C(c1csc(-c2ccc(OCc3ccc(C(F)(F)F)cc3)cc2)n1)N1CCCC1. The molecule has 0 saturated carbocycles. The van der Waals surface area contributed by atoms with Gasteiger partial charge in [-0.2, -0.15) is 13.2 Å². The molecule has 1 aliphatic rings. The molecule has 2 aromatic carbocycles. The van der Waals surface area contributed by atoms with Crippen LogP contribution in [0, 0.1) is 0 Å². The van der Waals surface area contributed by atoms with E-state index < -0.39 is 11.7 Å². The molecule has 156 valence electrons. The number of aromatic nitrogens is 1. The highest BCUT2D eigenvalue weighted by Gasteiger charge is 2.29. The van der Waals surface area contributed by atoms with Gasteiger partial charge in [0.15, 0.2) is 0 Å². The molecule has 0 bridgehead atoms. The number of thiazole rings is 1. The number of halogens is 3. The van der Waals surface area contributed by atoms with Gasteiger partial charge in [-0.25, -0.2) is 4.98 Å². The van der Waals surface area contributed by atoms with Gasteiger partial charge in [-0.3, -0.25) is 4.79 Å². The van der Waals surface area contributed by atoms with Gasteiger partial charge in [-0.05, 0) is 54.8 Å². The predicted molar refractivity (Wildman–Crippen MR) is 108 cm³/mol. The Hall–Kier alpha value is -2.87.